The summed E-state index contributed by atoms with van der Waals surface area (Å²) in [5.41, 5.74) is 1.07. The third-order valence-electron chi connectivity index (χ3n) is 2.54. The normalized spacial score (nSPS) is 17.1. The fraction of sp³-hybridized carbons (Fsp3) is 0.727. The summed E-state index contributed by atoms with van der Waals surface area (Å²) in [4.78, 5) is 0. The molecule has 2 rings (SSSR count). The fourth-order valence-corrected chi connectivity index (χ4v) is 1.86. The van der Waals surface area contributed by atoms with Gasteiger partial charge < -0.3 is 5.32 Å². The van der Waals surface area contributed by atoms with Gasteiger partial charge in [0.15, 0.2) is 5.15 Å². The summed E-state index contributed by atoms with van der Waals surface area (Å²) in [5, 5.41) is 8.26. The second-order valence-electron chi connectivity index (χ2n) is 3.56. The highest BCUT2D eigenvalue weighted by Gasteiger charge is 2.16. The summed E-state index contributed by atoms with van der Waals surface area (Å²) in [6.07, 6.45) is 4.34. The largest absolute Gasteiger partial charge is 0.317 e. The van der Waals surface area contributed by atoms with Gasteiger partial charge in [-0.1, -0.05) is 25.4 Å². The number of hydrogen-bond acceptors (Lipinski definition) is 2. The third kappa shape index (κ3) is 3.21. The molecule has 0 unspecified atom stereocenters. The molecule has 3 nitrogen and oxygen atoms in total. The smallest absolute Gasteiger partial charge is 0.153 e. The summed E-state index contributed by atoms with van der Waals surface area (Å²) >= 11 is 5.90. The first-order chi connectivity index (χ1) is 7.27. The molecule has 0 saturated carbocycles. The van der Waals surface area contributed by atoms with Crippen molar-refractivity contribution in [3.05, 3.63) is 16.9 Å². The van der Waals surface area contributed by atoms with Gasteiger partial charge in [0.1, 0.15) is 0 Å². The number of nitrogens with zero attached hydrogens (tertiary/aromatic N) is 2. The predicted molar refractivity (Wildman–Crippen MR) is 64.5 cm³/mol. The van der Waals surface area contributed by atoms with Crippen LogP contribution in [0.3, 0.4) is 0 Å². The van der Waals surface area contributed by atoms with Crippen LogP contribution in [0.5, 0.6) is 0 Å². The molecule has 1 fully saturated rings. The van der Waals surface area contributed by atoms with E-state index in [1.807, 2.05) is 31.6 Å². The Bertz CT molecular complexity index is 271. The molecule has 1 aliphatic rings. The minimum Gasteiger partial charge on any atom is -0.317 e. The van der Waals surface area contributed by atoms with Crippen molar-refractivity contribution in [2.75, 3.05) is 13.1 Å². The first kappa shape index (κ1) is 12.5. The molecule has 86 valence electrons. The molecule has 1 aromatic rings. The molecule has 1 saturated heterocycles. The lowest BCUT2D eigenvalue weighted by Gasteiger charge is -2.22. The van der Waals surface area contributed by atoms with Crippen molar-refractivity contribution < 1.29 is 0 Å². The van der Waals surface area contributed by atoms with Crippen molar-refractivity contribution in [2.24, 2.45) is 0 Å². The summed E-state index contributed by atoms with van der Waals surface area (Å²) < 4.78 is 2.01. The molecule has 1 aromatic heterocycles. The molecule has 1 N–H and O–H groups in total. The Labute approximate surface area is 96.8 Å². The summed E-state index contributed by atoms with van der Waals surface area (Å²) in [6, 6.07) is 0.535. The van der Waals surface area contributed by atoms with E-state index in [-0.39, 0.29) is 0 Å². The van der Waals surface area contributed by atoms with E-state index in [0.29, 0.717) is 11.2 Å². The van der Waals surface area contributed by atoms with E-state index in [1.54, 1.807) is 0 Å². The Morgan fingerprint density at radius 3 is 2.47 bits per heavy atom. The van der Waals surface area contributed by atoms with Crippen molar-refractivity contribution in [3.63, 3.8) is 0 Å². The van der Waals surface area contributed by atoms with Crippen molar-refractivity contribution in [2.45, 2.75) is 39.7 Å². The molecule has 2 heterocycles. The predicted octanol–water partition coefficient (Wildman–Crippen LogP) is 2.80. The third-order valence-corrected chi connectivity index (χ3v) is 2.91. The number of aromatic nitrogens is 2. The molecule has 0 atom stereocenters. The van der Waals surface area contributed by atoms with Gasteiger partial charge in [-0.05, 0) is 32.9 Å². The van der Waals surface area contributed by atoms with E-state index < -0.39 is 0 Å². The molecule has 0 amide bonds. The van der Waals surface area contributed by atoms with Crippen LogP contribution in [0.2, 0.25) is 5.15 Å². The lowest BCUT2D eigenvalue weighted by atomic mass is 10.1. The first-order valence-corrected chi connectivity index (χ1v) is 6.07. The molecular formula is C11H20ClN3. The maximum absolute atomic E-state index is 5.90. The maximum Gasteiger partial charge on any atom is 0.153 e. The molecular weight excluding hydrogens is 210 g/mol. The zero-order chi connectivity index (χ0) is 11.3. The Morgan fingerprint density at radius 1 is 1.40 bits per heavy atom. The minimum absolute atomic E-state index is 0.535. The first-order valence-electron chi connectivity index (χ1n) is 5.69. The van der Waals surface area contributed by atoms with Crippen LogP contribution in [-0.4, -0.2) is 22.9 Å². The van der Waals surface area contributed by atoms with E-state index in [0.717, 1.165) is 31.5 Å². The Balaban J connectivity index is 0.000000531. The lowest BCUT2D eigenvalue weighted by molar-refractivity contribution is 0.343. The second-order valence-corrected chi connectivity index (χ2v) is 3.92. The van der Waals surface area contributed by atoms with E-state index in [9.17, 15) is 0 Å². The van der Waals surface area contributed by atoms with Gasteiger partial charge in [-0.2, -0.15) is 5.10 Å². The van der Waals surface area contributed by atoms with Crippen molar-refractivity contribution in [1.29, 1.82) is 0 Å². The SMILES string of the molecule is CC.Cc1cn(C2CCNCC2)nc1Cl. The van der Waals surface area contributed by atoms with Crippen LogP contribution in [0.4, 0.5) is 0 Å². The molecule has 0 aromatic carbocycles. The van der Waals surface area contributed by atoms with Crippen LogP contribution in [0, 0.1) is 6.92 Å². The van der Waals surface area contributed by atoms with Crippen molar-refractivity contribution in [1.82, 2.24) is 15.1 Å². The number of nitrogens with one attached hydrogen (secondary N) is 1. The van der Waals surface area contributed by atoms with Gasteiger partial charge in [0.25, 0.3) is 0 Å². The van der Waals surface area contributed by atoms with Crippen molar-refractivity contribution in [3.8, 4) is 0 Å². The fourth-order valence-electron chi connectivity index (χ4n) is 1.72. The summed E-state index contributed by atoms with van der Waals surface area (Å²) in [6.45, 7) is 8.16. The van der Waals surface area contributed by atoms with Crippen LogP contribution < -0.4 is 5.32 Å². The quantitative estimate of drug-likeness (QED) is 0.803. The molecule has 15 heavy (non-hydrogen) atoms. The summed E-state index contributed by atoms with van der Waals surface area (Å²) in [7, 11) is 0. The molecule has 0 radical (unpaired) electrons. The zero-order valence-electron chi connectivity index (χ0n) is 9.76. The van der Waals surface area contributed by atoms with Gasteiger partial charge in [0.05, 0.1) is 6.04 Å². The van der Waals surface area contributed by atoms with Gasteiger partial charge in [-0.3, -0.25) is 4.68 Å². The van der Waals surface area contributed by atoms with Gasteiger partial charge in [-0.25, -0.2) is 0 Å². The average molecular weight is 230 g/mol. The van der Waals surface area contributed by atoms with Crippen LogP contribution in [0.25, 0.3) is 0 Å². The van der Waals surface area contributed by atoms with E-state index in [2.05, 4.69) is 10.4 Å². The highest BCUT2D eigenvalue weighted by molar-refractivity contribution is 6.30. The summed E-state index contributed by atoms with van der Waals surface area (Å²) in [5.74, 6) is 0. The number of aryl methyl sites for hydroxylation is 1. The van der Waals surface area contributed by atoms with E-state index in [1.165, 1.54) is 0 Å². The highest BCUT2D eigenvalue weighted by Crippen LogP contribution is 2.21. The van der Waals surface area contributed by atoms with Gasteiger partial charge >= 0.3 is 0 Å². The number of halogens is 1. The monoisotopic (exact) mass is 229 g/mol. The zero-order valence-corrected chi connectivity index (χ0v) is 10.5. The Hall–Kier alpha value is -0.540. The minimum atomic E-state index is 0.535. The second kappa shape index (κ2) is 6.13. The molecule has 4 heteroatoms. The van der Waals surface area contributed by atoms with Crippen LogP contribution in [-0.2, 0) is 0 Å². The molecule has 0 spiro atoms. The Kier molecular flexibility index (Phi) is 5.12. The number of rotatable bonds is 1. The van der Waals surface area contributed by atoms with Crippen molar-refractivity contribution >= 4 is 11.6 Å². The lowest BCUT2D eigenvalue weighted by Crippen LogP contribution is -2.29. The molecule has 1 aliphatic heterocycles. The highest BCUT2D eigenvalue weighted by atomic mass is 35.5. The Morgan fingerprint density at radius 2 is 2.00 bits per heavy atom. The molecule has 0 bridgehead atoms. The number of hydrogen-bond donors (Lipinski definition) is 1. The molecule has 0 aliphatic carbocycles. The van der Waals surface area contributed by atoms with E-state index in [4.69, 9.17) is 11.6 Å². The van der Waals surface area contributed by atoms with Crippen LogP contribution in [0.1, 0.15) is 38.3 Å². The topological polar surface area (TPSA) is 29.9 Å². The maximum atomic E-state index is 5.90. The van der Waals surface area contributed by atoms with E-state index >= 15 is 0 Å². The van der Waals surface area contributed by atoms with Gasteiger partial charge in [0, 0.05) is 11.8 Å². The standard InChI is InChI=1S/C9H14ClN3.C2H6/c1-7-6-13(12-9(7)10)8-2-4-11-5-3-8;1-2/h6,8,11H,2-5H2,1H3;1-2H3. The average Bonchev–Trinajstić information content (AvgIpc) is 2.63. The number of piperidine rings is 1. The van der Waals surface area contributed by atoms with Gasteiger partial charge in [-0.15, -0.1) is 0 Å². The van der Waals surface area contributed by atoms with Gasteiger partial charge in [0.2, 0.25) is 0 Å². The van der Waals surface area contributed by atoms with Crippen LogP contribution >= 0.6 is 11.6 Å². The van der Waals surface area contributed by atoms with Crippen LogP contribution in [0.15, 0.2) is 6.20 Å².